The fourth-order valence-corrected chi connectivity index (χ4v) is 4.86. The highest BCUT2D eigenvalue weighted by Gasteiger charge is 2.54. The summed E-state index contributed by atoms with van der Waals surface area (Å²) in [7, 11) is 1.69. The highest BCUT2D eigenvalue weighted by Crippen LogP contribution is 2.53. The minimum atomic E-state index is -0.331. The maximum atomic E-state index is 13.2. The lowest BCUT2D eigenvalue weighted by atomic mass is 9.90. The van der Waals surface area contributed by atoms with Crippen LogP contribution in [0, 0.1) is 0 Å². The van der Waals surface area contributed by atoms with Crippen LogP contribution in [0.2, 0.25) is 0 Å². The number of ether oxygens (including phenoxy) is 1. The number of hydrogen-bond donors (Lipinski definition) is 0. The first-order valence-corrected chi connectivity index (χ1v) is 9.59. The summed E-state index contributed by atoms with van der Waals surface area (Å²) in [6.45, 7) is 1.75. The van der Waals surface area contributed by atoms with Crippen LogP contribution >= 0.6 is 11.3 Å². The van der Waals surface area contributed by atoms with Gasteiger partial charge in [-0.2, -0.15) is 0 Å². The highest BCUT2D eigenvalue weighted by atomic mass is 32.1. The number of amides is 1. The quantitative estimate of drug-likeness (QED) is 0.834. The van der Waals surface area contributed by atoms with E-state index < -0.39 is 0 Å². The lowest BCUT2D eigenvalue weighted by molar-refractivity contribution is -0.135. The van der Waals surface area contributed by atoms with Gasteiger partial charge < -0.3 is 9.64 Å². The second-order valence-corrected chi connectivity index (χ2v) is 7.84. The molecule has 4 rings (SSSR count). The van der Waals surface area contributed by atoms with Gasteiger partial charge in [-0.25, -0.2) is 0 Å². The molecule has 2 heterocycles. The van der Waals surface area contributed by atoms with Gasteiger partial charge in [-0.15, -0.1) is 11.3 Å². The molecule has 4 heteroatoms. The minimum absolute atomic E-state index is 0.302. The molecule has 126 valence electrons. The number of likely N-dealkylation sites (tertiary alicyclic amines) is 1. The Morgan fingerprint density at radius 1 is 1.17 bits per heavy atom. The van der Waals surface area contributed by atoms with Gasteiger partial charge in [0.15, 0.2) is 0 Å². The lowest BCUT2D eigenvalue weighted by Gasteiger charge is -2.34. The zero-order valence-electron chi connectivity index (χ0n) is 14.0. The molecule has 2 fully saturated rings. The van der Waals surface area contributed by atoms with Crippen LogP contribution in [-0.4, -0.2) is 31.0 Å². The Hall–Kier alpha value is -1.81. The monoisotopic (exact) mass is 341 g/mol. The zero-order chi connectivity index (χ0) is 16.6. The number of rotatable bonds is 4. The van der Waals surface area contributed by atoms with Gasteiger partial charge in [-0.05, 0) is 49.1 Å². The van der Waals surface area contributed by atoms with Crippen molar-refractivity contribution in [3.05, 3.63) is 52.2 Å². The van der Waals surface area contributed by atoms with E-state index in [1.165, 1.54) is 4.88 Å². The van der Waals surface area contributed by atoms with Crippen molar-refractivity contribution in [3.63, 3.8) is 0 Å². The molecule has 3 nitrogen and oxygen atoms in total. The standard InChI is InChI=1S/C20H23NO2S/c1-23-17-6-3-2-5-16(17)20(10-11-20)19(22)21-12-8-15(9-13-21)18-7-4-14-24-18/h2-7,14-15H,8-13H2,1H3. The summed E-state index contributed by atoms with van der Waals surface area (Å²) in [5, 5.41) is 2.15. The molecule has 1 saturated carbocycles. The fraction of sp³-hybridized carbons (Fsp3) is 0.450. The number of hydrogen-bond acceptors (Lipinski definition) is 3. The van der Waals surface area contributed by atoms with E-state index in [0.717, 1.165) is 50.1 Å². The van der Waals surface area contributed by atoms with E-state index in [9.17, 15) is 4.79 Å². The van der Waals surface area contributed by atoms with Crippen molar-refractivity contribution in [2.24, 2.45) is 0 Å². The Morgan fingerprint density at radius 2 is 1.92 bits per heavy atom. The maximum Gasteiger partial charge on any atom is 0.233 e. The van der Waals surface area contributed by atoms with Crippen LogP contribution in [0.25, 0.3) is 0 Å². The topological polar surface area (TPSA) is 29.5 Å². The lowest BCUT2D eigenvalue weighted by Crippen LogP contribution is -2.43. The Balaban J connectivity index is 1.48. The molecule has 0 bridgehead atoms. The number of carbonyl (C=O) groups is 1. The van der Waals surface area contributed by atoms with Crippen LogP contribution in [0.4, 0.5) is 0 Å². The molecule has 1 aromatic heterocycles. The minimum Gasteiger partial charge on any atom is -0.496 e. The Morgan fingerprint density at radius 3 is 2.54 bits per heavy atom. The molecular weight excluding hydrogens is 318 g/mol. The largest absolute Gasteiger partial charge is 0.496 e. The SMILES string of the molecule is COc1ccccc1C1(C(=O)N2CCC(c3cccs3)CC2)CC1. The van der Waals surface area contributed by atoms with Gasteiger partial charge in [-0.1, -0.05) is 24.3 Å². The van der Waals surface area contributed by atoms with Crippen LogP contribution in [0.15, 0.2) is 41.8 Å². The first kappa shape index (κ1) is 15.7. The molecule has 2 aromatic rings. The van der Waals surface area contributed by atoms with Crippen molar-refractivity contribution in [2.75, 3.05) is 20.2 Å². The number of benzene rings is 1. The van der Waals surface area contributed by atoms with E-state index in [1.807, 2.05) is 29.5 Å². The van der Waals surface area contributed by atoms with E-state index >= 15 is 0 Å². The molecule has 0 radical (unpaired) electrons. The molecule has 1 amide bonds. The number of nitrogens with zero attached hydrogens (tertiary/aromatic N) is 1. The smallest absolute Gasteiger partial charge is 0.233 e. The van der Waals surface area contributed by atoms with Crippen LogP contribution in [0.3, 0.4) is 0 Å². The number of piperidine rings is 1. The molecule has 1 aliphatic carbocycles. The molecule has 24 heavy (non-hydrogen) atoms. The summed E-state index contributed by atoms with van der Waals surface area (Å²) in [5.41, 5.74) is 0.737. The number of thiophene rings is 1. The summed E-state index contributed by atoms with van der Waals surface area (Å²) in [4.78, 5) is 16.8. The first-order chi connectivity index (χ1) is 11.7. The first-order valence-electron chi connectivity index (χ1n) is 8.71. The summed E-state index contributed by atoms with van der Waals surface area (Å²) in [6, 6.07) is 12.3. The van der Waals surface area contributed by atoms with Crippen LogP contribution in [0.5, 0.6) is 5.75 Å². The van der Waals surface area contributed by atoms with Crippen molar-refractivity contribution >= 4 is 17.2 Å². The zero-order valence-corrected chi connectivity index (χ0v) is 14.8. The van der Waals surface area contributed by atoms with E-state index in [0.29, 0.717) is 11.8 Å². The van der Waals surface area contributed by atoms with Crippen molar-refractivity contribution in [2.45, 2.75) is 37.0 Å². The van der Waals surface area contributed by atoms with Crippen molar-refractivity contribution in [1.29, 1.82) is 0 Å². The van der Waals surface area contributed by atoms with Gasteiger partial charge in [0, 0.05) is 23.5 Å². The molecule has 2 aliphatic rings. The average molecular weight is 341 g/mol. The van der Waals surface area contributed by atoms with Gasteiger partial charge in [-0.3, -0.25) is 4.79 Å². The van der Waals surface area contributed by atoms with Gasteiger partial charge in [0.05, 0.1) is 12.5 Å². The molecule has 1 aromatic carbocycles. The van der Waals surface area contributed by atoms with Gasteiger partial charge in [0.1, 0.15) is 5.75 Å². The fourth-order valence-electron chi connectivity index (χ4n) is 3.96. The van der Waals surface area contributed by atoms with E-state index in [-0.39, 0.29) is 5.41 Å². The Bertz CT molecular complexity index is 713. The summed E-state index contributed by atoms with van der Waals surface area (Å²) >= 11 is 1.84. The van der Waals surface area contributed by atoms with Gasteiger partial charge in [0.25, 0.3) is 0 Å². The normalized spacial score (nSPS) is 20.0. The number of para-hydroxylation sites is 1. The second kappa shape index (κ2) is 6.25. The third-order valence-corrected chi connectivity index (χ3v) is 6.54. The molecule has 0 unspecified atom stereocenters. The second-order valence-electron chi connectivity index (χ2n) is 6.86. The van der Waals surface area contributed by atoms with Gasteiger partial charge >= 0.3 is 0 Å². The third-order valence-electron chi connectivity index (χ3n) is 5.51. The third kappa shape index (κ3) is 2.63. The van der Waals surface area contributed by atoms with Crippen LogP contribution in [0.1, 0.15) is 42.0 Å². The Labute approximate surface area is 147 Å². The van der Waals surface area contributed by atoms with Crippen LogP contribution < -0.4 is 4.74 Å². The van der Waals surface area contributed by atoms with Crippen molar-refractivity contribution in [1.82, 2.24) is 4.90 Å². The van der Waals surface area contributed by atoms with Gasteiger partial charge in [0.2, 0.25) is 5.91 Å². The van der Waals surface area contributed by atoms with E-state index in [2.05, 4.69) is 28.5 Å². The van der Waals surface area contributed by atoms with E-state index in [1.54, 1.807) is 7.11 Å². The molecular formula is C20H23NO2S. The molecule has 0 atom stereocenters. The van der Waals surface area contributed by atoms with Crippen molar-refractivity contribution in [3.8, 4) is 5.75 Å². The summed E-state index contributed by atoms with van der Waals surface area (Å²) in [5.74, 6) is 1.77. The summed E-state index contributed by atoms with van der Waals surface area (Å²) < 4.78 is 5.51. The Kier molecular flexibility index (Phi) is 4.09. The predicted molar refractivity (Wildman–Crippen MR) is 96.8 cm³/mol. The predicted octanol–water partition coefficient (Wildman–Crippen LogP) is 4.19. The van der Waals surface area contributed by atoms with E-state index in [4.69, 9.17) is 4.74 Å². The van der Waals surface area contributed by atoms with Crippen LogP contribution in [-0.2, 0) is 10.2 Å². The van der Waals surface area contributed by atoms with Crippen molar-refractivity contribution < 1.29 is 9.53 Å². The highest BCUT2D eigenvalue weighted by molar-refractivity contribution is 7.10. The number of carbonyl (C=O) groups excluding carboxylic acids is 1. The summed E-state index contributed by atoms with van der Waals surface area (Å²) in [6.07, 6.45) is 4.04. The maximum absolute atomic E-state index is 13.2. The average Bonchev–Trinajstić information content (AvgIpc) is 3.27. The molecule has 0 N–H and O–H groups in total. The number of methoxy groups -OCH3 is 1. The molecule has 0 spiro atoms. The molecule has 1 saturated heterocycles. The molecule has 1 aliphatic heterocycles.